The molecule has 8 nitrogen and oxygen atoms in total. The van der Waals surface area contributed by atoms with Gasteiger partial charge in [-0.15, -0.1) is 0 Å². The van der Waals surface area contributed by atoms with Gasteiger partial charge in [-0.1, -0.05) is 11.8 Å². The van der Waals surface area contributed by atoms with Gasteiger partial charge in [0, 0.05) is 23.5 Å². The van der Waals surface area contributed by atoms with Crippen molar-refractivity contribution in [3.05, 3.63) is 57.8 Å². The molecule has 0 aliphatic heterocycles. The van der Waals surface area contributed by atoms with Gasteiger partial charge in [0.2, 0.25) is 11.5 Å². The fraction of sp³-hybridized carbons (Fsp3) is 0.235. The van der Waals surface area contributed by atoms with E-state index in [4.69, 9.17) is 9.26 Å². The van der Waals surface area contributed by atoms with E-state index in [1.807, 2.05) is 19.9 Å². The number of nitrogens with one attached hydrogen (secondary N) is 1. The molecule has 1 aromatic carbocycles. The molecule has 0 unspecified atom stereocenters. The quantitative estimate of drug-likeness (QED) is 0.303. The molecule has 2 aromatic heterocycles. The Labute approximate surface area is 153 Å². The van der Waals surface area contributed by atoms with E-state index in [1.54, 1.807) is 31.4 Å². The number of carbonyl (C=O) groups excluding carboxylic acids is 1. The molecule has 3 aromatic rings. The summed E-state index contributed by atoms with van der Waals surface area (Å²) >= 11 is 1.17. The third kappa shape index (κ3) is 3.83. The average Bonchev–Trinajstić information content (AvgIpc) is 3.00. The first-order valence-electron chi connectivity index (χ1n) is 7.74. The Kier molecular flexibility index (Phi) is 5.17. The minimum Gasteiger partial charge on any atom is -0.497 e. The van der Waals surface area contributed by atoms with Crippen LogP contribution < -0.4 is 15.0 Å². The van der Waals surface area contributed by atoms with Gasteiger partial charge < -0.3 is 4.74 Å². The number of ether oxygens (including phenoxy) is 1. The molecule has 0 saturated heterocycles. The lowest BCUT2D eigenvalue weighted by atomic mass is 10.2. The SMILES string of the molecule is COc1ccc(-[n+]2[nH]oc(=O)c2C(=O)CSc2nc(C)cc(C)n2)cc1. The molecule has 3 rings (SSSR count). The summed E-state index contributed by atoms with van der Waals surface area (Å²) in [6.45, 7) is 3.72. The topological polar surface area (TPSA) is 102 Å². The lowest BCUT2D eigenvalue weighted by Crippen LogP contribution is -2.41. The second-order valence-corrected chi connectivity index (χ2v) is 6.45. The van der Waals surface area contributed by atoms with Crippen LogP contribution in [0.15, 0.2) is 44.8 Å². The zero-order valence-corrected chi connectivity index (χ0v) is 15.3. The minimum atomic E-state index is -0.729. The van der Waals surface area contributed by atoms with E-state index in [2.05, 4.69) is 15.2 Å². The van der Waals surface area contributed by atoms with E-state index in [0.29, 0.717) is 16.6 Å². The van der Waals surface area contributed by atoms with Crippen LogP contribution in [0.1, 0.15) is 21.9 Å². The summed E-state index contributed by atoms with van der Waals surface area (Å²) in [5.74, 6) is 0.293. The number of aromatic amines is 1. The van der Waals surface area contributed by atoms with Gasteiger partial charge in [-0.05, 0) is 42.0 Å². The standard InChI is InChI=1S/C17H16N4O4S/c1-10-8-11(2)19-17(18-10)26-9-14(22)15-16(23)25-20-21(15)12-4-6-13(24-3)7-5-12/h4-8H,9H2,1-3H3/p+1. The van der Waals surface area contributed by atoms with Crippen LogP contribution >= 0.6 is 11.8 Å². The Balaban J connectivity index is 1.83. The molecule has 0 amide bonds. The van der Waals surface area contributed by atoms with Crippen LogP contribution in [-0.4, -0.2) is 33.9 Å². The summed E-state index contributed by atoms with van der Waals surface area (Å²) in [7, 11) is 1.56. The number of aromatic nitrogens is 4. The van der Waals surface area contributed by atoms with E-state index in [-0.39, 0.29) is 17.2 Å². The predicted molar refractivity (Wildman–Crippen MR) is 94.0 cm³/mol. The molecule has 1 N–H and O–H groups in total. The molecule has 26 heavy (non-hydrogen) atoms. The lowest BCUT2D eigenvalue weighted by molar-refractivity contribution is -0.672. The number of hydrogen-bond donors (Lipinski definition) is 1. The third-order valence-corrected chi connectivity index (χ3v) is 4.38. The van der Waals surface area contributed by atoms with E-state index in [1.165, 1.54) is 16.4 Å². The van der Waals surface area contributed by atoms with Crippen LogP contribution in [0, 0.1) is 13.8 Å². The molecule has 134 valence electrons. The highest BCUT2D eigenvalue weighted by Gasteiger charge is 2.30. The largest absolute Gasteiger partial charge is 0.497 e. The predicted octanol–water partition coefficient (Wildman–Crippen LogP) is 1.64. The van der Waals surface area contributed by atoms with E-state index < -0.39 is 5.63 Å². The van der Waals surface area contributed by atoms with Gasteiger partial charge in [0.15, 0.2) is 5.16 Å². The average molecular weight is 373 g/mol. The van der Waals surface area contributed by atoms with Gasteiger partial charge in [-0.2, -0.15) is 0 Å². The van der Waals surface area contributed by atoms with Crippen molar-refractivity contribution in [2.45, 2.75) is 19.0 Å². The highest BCUT2D eigenvalue weighted by Crippen LogP contribution is 2.15. The number of thioether (sulfide) groups is 1. The zero-order valence-electron chi connectivity index (χ0n) is 14.5. The van der Waals surface area contributed by atoms with Gasteiger partial charge in [-0.25, -0.2) is 14.8 Å². The molecule has 0 aliphatic carbocycles. The van der Waals surface area contributed by atoms with Crippen molar-refractivity contribution in [1.82, 2.24) is 15.2 Å². The second kappa shape index (κ2) is 7.52. The molecule has 0 fully saturated rings. The molecule has 0 bridgehead atoms. The second-order valence-electron chi connectivity index (χ2n) is 5.51. The number of nitrogens with zero attached hydrogens (tertiary/aromatic N) is 3. The maximum absolute atomic E-state index is 12.6. The Morgan fingerprint density at radius 3 is 2.50 bits per heavy atom. The summed E-state index contributed by atoms with van der Waals surface area (Å²) in [6.07, 6.45) is 0. The number of hydrogen-bond acceptors (Lipinski definition) is 7. The Hall–Kier alpha value is -2.94. The van der Waals surface area contributed by atoms with Crippen LogP contribution in [0.2, 0.25) is 0 Å². The maximum Gasteiger partial charge on any atom is 0.438 e. The molecule has 0 radical (unpaired) electrons. The first kappa shape index (κ1) is 17.9. The van der Waals surface area contributed by atoms with Gasteiger partial charge >= 0.3 is 11.3 Å². The van der Waals surface area contributed by atoms with E-state index in [0.717, 1.165) is 11.4 Å². The Morgan fingerprint density at radius 2 is 1.88 bits per heavy atom. The minimum absolute atomic E-state index is 0.0155. The van der Waals surface area contributed by atoms with Gasteiger partial charge in [-0.3, -0.25) is 9.32 Å². The number of methoxy groups -OCH3 is 1. The molecule has 0 aliphatic rings. The van der Waals surface area contributed by atoms with Crippen LogP contribution in [0.4, 0.5) is 0 Å². The van der Waals surface area contributed by atoms with Crippen LogP contribution in [0.25, 0.3) is 5.69 Å². The van der Waals surface area contributed by atoms with Crippen LogP contribution in [0.5, 0.6) is 5.75 Å². The summed E-state index contributed by atoms with van der Waals surface area (Å²) in [5, 5.41) is 2.94. The first-order valence-corrected chi connectivity index (χ1v) is 8.72. The monoisotopic (exact) mass is 373 g/mol. The summed E-state index contributed by atoms with van der Waals surface area (Å²) in [5.41, 5.74) is 1.40. The summed E-state index contributed by atoms with van der Waals surface area (Å²) < 4.78 is 11.2. The maximum atomic E-state index is 12.6. The number of rotatable bonds is 6. The summed E-state index contributed by atoms with van der Waals surface area (Å²) in [6, 6.07) is 8.72. The van der Waals surface area contributed by atoms with Crippen molar-refractivity contribution in [3.8, 4) is 11.4 Å². The smallest absolute Gasteiger partial charge is 0.438 e. The Bertz CT molecular complexity index is 974. The molecule has 0 spiro atoms. The zero-order chi connectivity index (χ0) is 18.7. The van der Waals surface area contributed by atoms with Crippen molar-refractivity contribution in [1.29, 1.82) is 0 Å². The third-order valence-electron chi connectivity index (χ3n) is 3.54. The fourth-order valence-corrected chi connectivity index (χ4v) is 3.19. The normalized spacial score (nSPS) is 10.7. The first-order chi connectivity index (χ1) is 12.5. The van der Waals surface area contributed by atoms with Crippen molar-refractivity contribution in [3.63, 3.8) is 0 Å². The molecular weight excluding hydrogens is 356 g/mol. The number of benzene rings is 1. The van der Waals surface area contributed by atoms with Crippen molar-refractivity contribution in [2.75, 3.05) is 12.9 Å². The molecule has 2 heterocycles. The lowest BCUT2D eigenvalue weighted by Gasteiger charge is -2.01. The van der Waals surface area contributed by atoms with E-state index in [9.17, 15) is 9.59 Å². The molecule has 9 heteroatoms. The van der Waals surface area contributed by atoms with Gasteiger partial charge in [0.25, 0.3) is 0 Å². The van der Waals surface area contributed by atoms with Crippen molar-refractivity contribution >= 4 is 17.5 Å². The highest BCUT2D eigenvalue weighted by molar-refractivity contribution is 7.99. The summed E-state index contributed by atoms with van der Waals surface area (Å²) in [4.78, 5) is 33.1. The van der Waals surface area contributed by atoms with E-state index >= 15 is 0 Å². The number of aryl methyl sites for hydroxylation is 2. The van der Waals surface area contributed by atoms with Gasteiger partial charge in [0.05, 0.1) is 12.9 Å². The molecular formula is C17H17N4O4S+. The number of carbonyl (C=O) groups is 1. The highest BCUT2D eigenvalue weighted by atomic mass is 32.2. The number of H-pyrrole nitrogens is 1. The van der Waals surface area contributed by atoms with Gasteiger partial charge in [0.1, 0.15) is 5.75 Å². The molecule has 0 saturated carbocycles. The van der Waals surface area contributed by atoms with Crippen LogP contribution in [0.3, 0.4) is 0 Å². The van der Waals surface area contributed by atoms with Crippen molar-refractivity contribution in [2.24, 2.45) is 0 Å². The number of Topliss-reactive ketones (excluding diaryl/α,β-unsaturated/α-hetero) is 1. The Morgan fingerprint density at radius 1 is 1.23 bits per heavy atom. The molecule has 0 atom stereocenters. The number of ketones is 1. The fourth-order valence-electron chi connectivity index (χ4n) is 2.38. The van der Waals surface area contributed by atoms with Crippen molar-refractivity contribution < 1.29 is 18.7 Å². The van der Waals surface area contributed by atoms with Crippen LogP contribution in [-0.2, 0) is 0 Å².